The van der Waals surface area contributed by atoms with Crippen LogP contribution in [0.4, 0.5) is 0 Å². The number of ether oxygens (including phenoxy) is 2. The zero-order chi connectivity index (χ0) is 13.9. The van der Waals surface area contributed by atoms with Gasteiger partial charge >= 0.3 is 0 Å². The summed E-state index contributed by atoms with van der Waals surface area (Å²) >= 11 is 5.18. The van der Waals surface area contributed by atoms with Crippen LogP contribution in [-0.4, -0.2) is 54.8 Å². The van der Waals surface area contributed by atoms with E-state index in [0.717, 1.165) is 6.42 Å². The summed E-state index contributed by atoms with van der Waals surface area (Å²) in [5.41, 5.74) is 5.17. The van der Waals surface area contributed by atoms with E-state index in [2.05, 4.69) is 0 Å². The van der Waals surface area contributed by atoms with Crippen molar-refractivity contribution in [3.8, 4) is 0 Å². The number of amides is 1. The van der Waals surface area contributed by atoms with Crippen molar-refractivity contribution < 1.29 is 14.3 Å². The first-order valence-corrected chi connectivity index (χ1v) is 7.26. The zero-order valence-electron chi connectivity index (χ0n) is 11.4. The van der Waals surface area contributed by atoms with Crippen molar-refractivity contribution in [3.05, 3.63) is 0 Å². The van der Waals surface area contributed by atoms with Crippen molar-refractivity contribution in [2.24, 2.45) is 11.1 Å². The van der Waals surface area contributed by atoms with E-state index in [-0.39, 0.29) is 12.0 Å². The molecule has 0 spiro atoms. The second-order valence-corrected chi connectivity index (χ2v) is 5.78. The van der Waals surface area contributed by atoms with Crippen LogP contribution < -0.4 is 5.73 Å². The third-order valence-electron chi connectivity index (χ3n) is 3.97. The molecule has 0 aliphatic carbocycles. The molecule has 2 rings (SSSR count). The van der Waals surface area contributed by atoms with Gasteiger partial charge in [-0.3, -0.25) is 4.79 Å². The molecule has 0 saturated carbocycles. The molecule has 2 heterocycles. The quantitative estimate of drug-likeness (QED) is 0.757. The Morgan fingerprint density at radius 3 is 2.68 bits per heavy atom. The maximum atomic E-state index is 12.9. The predicted molar refractivity (Wildman–Crippen MR) is 75.9 cm³/mol. The second kappa shape index (κ2) is 6.15. The molecule has 0 radical (unpaired) electrons. The van der Waals surface area contributed by atoms with E-state index in [1.54, 1.807) is 0 Å². The van der Waals surface area contributed by atoms with E-state index in [1.807, 2.05) is 11.8 Å². The van der Waals surface area contributed by atoms with Crippen LogP contribution in [-0.2, 0) is 14.3 Å². The fourth-order valence-electron chi connectivity index (χ4n) is 2.77. The van der Waals surface area contributed by atoms with Crippen molar-refractivity contribution in [2.75, 3.05) is 32.9 Å². The number of thiocarbonyl (C=S) groups is 1. The lowest BCUT2D eigenvalue weighted by molar-refractivity contribution is -0.143. The van der Waals surface area contributed by atoms with Crippen LogP contribution in [0.1, 0.15) is 26.2 Å². The summed E-state index contributed by atoms with van der Waals surface area (Å²) in [6, 6.07) is 0. The summed E-state index contributed by atoms with van der Waals surface area (Å²) < 4.78 is 10.9. The van der Waals surface area contributed by atoms with Gasteiger partial charge in [0.25, 0.3) is 0 Å². The Hall–Kier alpha value is -0.720. The van der Waals surface area contributed by atoms with Crippen LogP contribution in [0.25, 0.3) is 0 Å². The van der Waals surface area contributed by atoms with E-state index in [0.29, 0.717) is 50.7 Å². The maximum absolute atomic E-state index is 12.9. The highest BCUT2D eigenvalue weighted by Gasteiger charge is 2.45. The van der Waals surface area contributed by atoms with E-state index >= 15 is 0 Å². The molecule has 2 N–H and O–H groups in total. The highest BCUT2D eigenvalue weighted by molar-refractivity contribution is 7.80. The summed E-state index contributed by atoms with van der Waals surface area (Å²) in [5, 5.41) is 0. The average molecular weight is 286 g/mol. The van der Waals surface area contributed by atoms with Gasteiger partial charge in [-0.25, -0.2) is 0 Å². The highest BCUT2D eigenvalue weighted by atomic mass is 32.1. The normalized spacial score (nSPS) is 27.6. The first kappa shape index (κ1) is 14.7. The molecule has 1 atom stereocenters. The zero-order valence-corrected chi connectivity index (χ0v) is 12.2. The molecule has 2 aliphatic rings. The van der Waals surface area contributed by atoms with Gasteiger partial charge in [-0.2, -0.15) is 0 Å². The lowest BCUT2D eigenvalue weighted by Crippen LogP contribution is -2.54. The molecular weight excluding hydrogens is 264 g/mol. The lowest BCUT2D eigenvalue weighted by atomic mass is 9.78. The molecule has 0 bridgehead atoms. The molecule has 2 fully saturated rings. The Morgan fingerprint density at radius 1 is 1.37 bits per heavy atom. The van der Waals surface area contributed by atoms with E-state index < -0.39 is 5.41 Å². The molecule has 5 nitrogen and oxygen atoms in total. The maximum Gasteiger partial charge on any atom is 0.235 e. The van der Waals surface area contributed by atoms with Gasteiger partial charge in [-0.15, -0.1) is 0 Å². The largest absolute Gasteiger partial charge is 0.392 e. The Morgan fingerprint density at radius 2 is 2.05 bits per heavy atom. The first-order valence-electron chi connectivity index (χ1n) is 6.85. The van der Waals surface area contributed by atoms with Crippen molar-refractivity contribution in [2.45, 2.75) is 32.3 Å². The molecule has 1 amide bonds. The fraction of sp³-hybridized carbons (Fsp3) is 0.846. The minimum atomic E-state index is -0.711. The van der Waals surface area contributed by atoms with Crippen LogP contribution in [0.5, 0.6) is 0 Å². The molecule has 2 saturated heterocycles. The van der Waals surface area contributed by atoms with Gasteiger partial charge < -0.3 is 20.1 Å². The number of rotatable bonds is 2. The standard InChI is InChI=1S/C13H22N2O3S/c1-10-9-15(5-2-6-18-10)12(16)13(11(14)19)3-7-17-8-4-13/h10H,2-9H2,1H3,(H2,14,19). The number of hydrogen-bond donors (Lipinski definition) is 1. The fourth-order valence-corrected chi connectivity index (χ4v) is 3.06. The number of nitrogens with zero attached hydrogens (tertiary/aromatic N) is 1. The number of carbonyl (C=O) groups is 1. The monoisotopic (exact) mass is 286 g/mol. The van der Waals surface area contributed by atoms with Crippen LogP contribution in [0.15, 0.2) is 0 Å². The van der Waals surface area contributed by atoms with Gasteiger partial charge in [-0.05, 0) is 26.2 Å². The third kappa shape index (κ3) is 3.07. The van der Waals surface area contributed by atoms with Crippen LogP contribution in [0.2, 0.25) is 0 Å². The minimum Gasteiger partial charge on any atom is -0.392 e. The number of nitrogens with two attached hydrogens (primary N) is 1. The minimum absolute atomic E-state index is 0.0562. The molecular formula is C13H22N2O3S. The van der Waals surface area contributed by atoms with Crippen molar-refractivity contribution in [3.63, 3.8) is 0 Å². The van der Waals surface area contributed by atoms with Crippen molar-refractivity contribution in [1.29, 1.82) is 0 Å². The van der Waals surface area contributed by atoms with Crippen LogP contribution in [0.3, 0.4) is 0 Å². The summed E-state index contributed by atoms with van der Waals surface area (Å²) in [6.45, 7) is 5.11. The van der Waals surface area contributed by atoms with Gasteiger partial charge in [0.1, 0.15) is 5.41 Å². The molecule has 0 aromatic rings. The van der Waals surface area contributed by atoms with Gasteiger partial charge in [-0.1, -0.05) is 12.2 Å². The molecule has 108 valence electrons. The predicted octanol–water partition coefficient (Wildman–Crippen LogP) is 0.707. The van der Waals surface area contributed by atoms with E-state index in [4.69, 9.17) is 27.4 Å². The third-order valence-corrected chi connectivity index (χ3v) is 4.36. The topological polar surface area (TPSA) is 64.8 Å². The van der Waals surface area contributed by atoms with Crippen molar-refractivity contribution in [1.82, 2.24) is 4.90 Å². The lowest BCUT2D eigenvalue weighted by Gasteiger charge is -2.38. The summed E-state index contributed by atoms with van der Waals surface area (Å²) in [5.74, 6) is 0.0562. The number of hydrogen-bond acceptors (Lipinski definition) is 4. The summed E-state index contributed by atoms with van der Waals surface area (Å²) in [7, 11) is 0. The highest BCUT2D eigenvalue weighted by Crippen LogP contribution is 2.33. The van der Waals surface area contributed by atoms with Crippen molar-refractivity contribution >= 4 is 23.1 Å². The second-order valence-electron chi connectivity index (χ2n) is 5.34. The SMILES string of the molecule is CC1CN(C(=O)C2(C(N)=S)CCOCC2)CCCO1. The molecule has 0 aromatic carbocycles. The average Bonchev–Trinajstić information content (AvgIpc) is 2.63. The van der Waals surface area contributed by atoms with Crippen LogP contribution in [0, 0.1) is 5.41 Å². The molecule has 0 aromatic heterocycles. The first-order chi connectivity index (χ1) is 9.06. The Balaban J connectivity index is 2.16. The summed E-state index contributed by atoms with van der Waals surface area (Å²) in [4.78, 5) is 15.0. The Bertz CT molecular complexity index is 356. The Kier molecular flexibility index (Phi) is 4.76. The molecule has 6 heteroatoms. The van der Waals surface area contributed by atoms with Gasteiger partial charge in [0, 0.05) is 32.9 Å². The van der Waals surface area contributed by atoms with Crippen LogP contribution >= 0.6 is 12.2 Å². The van der Waals surface area contributed by atoms with Gasteiger partial charge in [0.15, 0.2) is 0 Å². The molecule has 1 unspecified atom stereocenters. The number of carbonyl (C=O) groups excluding carboxylic acids is 1. The van der Waals surface area contributed by atoms with Gasteiger partial charge in [0.05, 0.1) is 11.1 Å². The molecule has 19 heavy (non-hydrogen) atoms. The Labute approximate surface area is 119 Å². The van der Waals surface area contributed by atoms with Gasteiger partial charge in [0.2, 0.25) is 5.91 Å². The van der Waals surface area contributed by atoms with E-state index in [9.17, 15) is 4.79 Å². The summed E-state index contributed by atoms with van der Waals surface area (Å²) in [6.07, 6.45) is 2.11. The molecule has 2 aliphatic heterocycles. The smallest absolute Gasteiger partial charge is 0.235 e. The van der Waals surface area contributed by atoms with E-state index in [1.165, 1.54) is 0 Å².